The number of ether oxygens (including phenoxy) is 2. The monoisotopic (exact) mass is 661 g/mol. The zero-order valence-corrected chi connectivity index (χ0v) is 25.3. The van der Waals surface area contributed by atoms with Gasteiger partial charge in [0.25, 0.3) is 11.8 Å². The Morgan fingerprint density at radius 3 is 2.29 bits per heavy atom. The molecule has 0 aromatic heterocycles. The van der Waals surface area contributed by atoms with Crippen LogP contribution in [0.25, 0.3) is 0 Å². The van der Waals surface area contributed by atoms with E-state index < -0.39 is 11.8 Å². The Balaban J connectivity index is 1.48. The van der Waals surface area contributed by atoms with Crippen LogP contribution in [-0.2, 0) is 16.6 Å². The van der Waals surface area contributed by atoms with Gasteiger partial charge in [-0.3, -0.25) is 25.8 Å². The molecule has 0 atom stereocenters. The molecule has 0 heterocycles. The number of thiocarbonyl (C=S) groups is 1. The summed E-state index contributed by atoms with van der Waals surface area (Å²) in [5.74, 6) is 0.0102. The van der Waals surface area contributed by atoms with Crippen LogP contribution in [0.5, 0.6) is 11.5 Å². The van der Waals surface area contributed by atoms with Crippen LogP contribution in [0.1, 0.15) is 42.3 Å². The van der Waals surface area contributed by atoms with Gasteiger partial charge in [0.1, 0.15) is 11.5 Å². The molecule has 3 rings (SSSR count). The van der Waals surface area contributed by atoms with Crippen molar-refractivity contribution in [2.75, 3.05) is 13.2 Å². The van der Waals surface area contributed by atoms with Crippen molar-refractivity contribution in [2.24, 2.45) is 0 Å². The number of carbonyl (C=O) groups is 2. The fourth-order valence-corrected chi connectivity index (χ4v) is 4.32. The van der Waals surface area contributed by atoms with Crippen molar-refractivity contribution >= 4 is 61.0 Å². The van der Waals surface area contributed by atoms with Gasteiger partial charge in [-0.1, -0.05) is 73.1 Å². The van der Waals surface area contributed by atoms with Crippen molar-refractivity contribution in [1.82, 2.24) is 16.2 Å². The third kappa shape index (κ3) is 9.11. The molecule has 3 aromatic rings. The largest absolute Gasteiger partial charge is 0.492 e. The molecule has 3 aromatic carbocycles. The first-order chi connectivity index (χ1) is 18.0. The average molecular weight is 663 g/mol. The van der Waals surface area contributed by atoms with Crippen LogP contribution in [0.15, 0.2) is 75.7 Å². The van der Waals surface area contributed by atoms with E-state index in [2.05, 4.69) is 68.8 Å². The molecule has 0 saturated carbocycles. The summed E-state index contributed by atoms with van der Waals surface area (Å²) >= 11 is 12.0. The van der Waals surface area contributed by atoms with E-state index in [1.807, 2.05) is 48.5 Å². The summed E-state index contributed by atoms with van der Waals surface area (Å²) in [5.41, 5.74) is 7.50. The van der Waals surface area contributed by atoms with Crippen molar-refractivity contribution in [2.45, 2.75) is 32.6 Å². The standard InChI is InChI=1S/C28H29Br2N3O4S/c1-28(2,3)19-9-11-24(22(30)15-19)37-17-25(34)32-33-27(38)31-26(35)21-16-20(29)10-12-23(21)36-14-13-18-7-5-4-6-8-18/h4-12,15-16H,13-14,17H2,1-3H3,(H,32,34)(H2,31,33,35,38). The van der Waals surface area contributed by atoms with E-state index >= 15 is 0 Å². The molecule has 10 heteroatoms. The van der Waals surface area contributed by atoms with Gasteiger partial charge in [0, 0.05) is 10.9 Å². The summed E-state index contributed by atoms with van der Waals surface area (Å²) in [4.78, 5) is 25.1. The van der Waals surface area contributed by atoms with Crippen molar-refractivity contribution in [3.8, 4) is 11.5 Å². The van der Waals surface area contributed by atoms with E-state index in [4.69, 9.17) is 21.7 Å². The SMILES string of the molecule is CC(C)(C)c1ccc(OCC(=O)NNC(=S)NC(=O)c2cc(Br)ccc2OCCc2ccccc2)c(Br)c1. The second-order valence-corrected chi connectivity index (χ2v) is 11.5. The van der Waals surface area contributed by atoms with Crippen LogP contribution in [0, 0.1) is 0 Å². The predicted molar refractivity (Wildman–Crippen MR) is 159 cm³/mol. The smallest absolute Gasteiger partial charge is 0.276 e. The van der Waals surface area contributed by atoms with Crippen molar-refractivity contribution < 1.29 is 19.1 Å². The molecule has 0 aliphatic heterocycles. The molecule has 7 nitrogen and oxygen atoms in total. The molecule has 38 heavy (non-hydrogen) atoms. The number of benzene rings is 3. The van der Waals surface area contributed by atoms with Gasteiger partial charge < -0.3 is 9.47 Å². The van der Waals surface area contributed by atoms with Crippen LogP contribution in [0.3, 0.4) is 0 Å². The molecule has 0 saturated heterocycles. The maximum Gasteiger partial charge on any atom is 0.276 e. The highest BCUT2D eigenvalue weighted by Crippen LogP contribution is 2.31. The highest BCUT2D eigenvalue weighted by atomic mass is 79.9. The van der Waals surface area contributed by atoms with Crippen molar-refractivity contribution in [3.63, 3.8) is 0 Å². The Hall–Kier alpha value is -2.95. The summed E-state index contributed by atoms with van der Waals surface area (Å²) in [7, 11) is 0. The summed E-state index contributed by atoms with van der Waals surface area (Å²) in [6.45, 7) is 6.51. The van der Waals surface area contributed by atoms with Gasteiger partial charge in [0.2, 0.25) is 0 Å². The zero-order chi connectivity index (χ0) is 27.7. The summed E-state index contributed by atoms with van der Waals surface area (Å²) < 4.78 is 12.9. The van der Waals surface area contributed by atoms with E-state index in [0.717, 1.165) is 15.6 Å². The topological polar surface area (TPSA) is 88.7 Å². The summed E-state index contributed by atoms with van der Waals surface area (Å²) in [5, 5.41) is 2.47. The molecule has 0 radical (unpaired) electrons. The van der Waals surface area contributed by atoms with E-state index in [1.54, 1.807) is 18.2 Å². The van der Waals surface area contributed by atoms with Gasteiger partial charge >= 0.3 is 0 Å². The number of rotatable bonds is 8. The third-order valence-corrected chi connectivity index (χ3v) is 6.69. The molecule has 0 aliphatic rings. The quantitative estimate of drug-likeness (QED) is 0.207. The molecule has 0 unspecified atom stereocenters. The number of hydrogen-bond donors (Lipinski definition) is 3. The normalized spacial score (nSPS) is 10.9. The van der Waals surface area contributed by atoms with E-state index in [0.29, 0.717) is 34.6 Å². The van der Waals surface area contributed by atoms with Crippen LogP contribution in [0.2, 0.25) is 0 Å². The average Bonchev–Trinajstić information content (AvgIpc) is 2.87. The number of hydrogen-bond acceptors (Lipinski definition) is 5. The van der Waals surface area contributed by atoms with E-state index in [-0.39, 0.29) is 17.1 Å². The van der Waals surface area contributed by atoms with Crippen LogP contribution in [-0.4, -0.2) is 30.1 Å². The Labute approximate surface area is 244 Å². The van der Waals surface area contributed by atoms with Crippen molar-refractivity contribution in [1.29, 1.82) is 0 Å². The highest BCUT2D eigenvalue weighted by Gasteiger charge is 2.17. The highest BCUT2D eigenvalue weighted by molar-refractivity contribution is 9.10. The lowest BCUT2D eigenvalue weighted by Crippen LogP contribution is -2.49. The number of carbonyl (C=O) groups excluding carboxylic acids is 2. The molecule has 0 bridgehead atoms. The molecular weight excluding hydrogens is 634 g/mol. The van der Waals surface area contributed by atoms with Crippen molar-refractivity contribution in [3.05, 3.63) is 92.4 Å². The summed E-state index contributed by atoms with van der Waals surface area (Å²) in [6, 6.07) is 20.8. The van der Waals surface area contributed by atoms with Gasteiger partial charge in [0.05, 0.1) is 16.6 Å². The molecule has 200 valence electrons. The maximum absolute atomic E-state index is 12.9. The number of hydrazine groups is 1. The second kappa shape index (κ2) is 13.7. The lowest BCUT2D eigenvalue weighted by atomic mass is 9.87. The minimum Gasteiger partial charge on any atom is -0.492 e. The van der Waals surface area contributed by atoms with Gasteiger partial charge in [-0.05, 0) is 75.0 Å². The van der Waals surface area contributed by atoms with Gasteiger partial charge in [-0.2, -0.15) is 0 Å². The van der Waals surface area contributed by atoms with E-state index in [1.165, 1.54) is 0 Å². The molecule has 0 spiro atoms. The van der Waals surface area contributed by atoms with Gasteiger partial charge in [0.15, 0.2) is 11.7 Å². The Bertz CT molecular complexity index is 1300. The Morgan fingerprint density at radius 1 is 0.895 bits per heavy atom. The maximum atomic E-state index is 12.9. The Morgan fingerprint density at radius 2 is 1.61 bits per heavy atom. The van der Waals surface area contributed by atoms with Crippen LogP contribution >= 0.6 is 44.1 Å². The zero-order valence-electron chi connectivity index (χ0n) is 21.3. The Kier molecular flexibility index (Phi) is 10.7. The number of halogens is 2. The molecule has 0 fully saturated rings. The summed E-state index contributed by atoms with van der Waals surface area (Å²) in [6.07, 6.45) is 0.698. The van der Waals surface area contributed by atoms with Gasteiger partial charge in [-0.15, -0.1) is 0 Å². The first-order valence-electron chi connectivity index (χ1n) is 11.8. The number of nitrogens with one attached hydrogen (secondary N) is 3. The van der Waals surface area contributed by atoms with Crippen LogP contribution in [0.4, 0.5) is 0 Å². The lowest BCUT2D eigenvalue weighted by molar-refractivity contribution is -0.123. The minimum atomic E-state index is -0.480. The molecule has 2 amide bonds. The van der Waals surface area contributed by atoms with E-state index in [9.17, 15) is 9.59 Å². The molecule has 0 aliphatic carbocycles. The predicted octanol–water partition coefficient (Wildman–Crippen LogP) is 5.85. The molecular formula is C28H29Br2N3O4S. The fraction of sp³-hybridized carbons (Fsp3) is 0.250. The minimum absolute atomic E-state index is 0.00659. The third-order valence-electron chi connectivity index (χ3n) is 5.38. The molecule has 3 N–H and O–H groups in total. The number of amides is 2. The second-order valence-electron chi connectivity index (χ2n) is 9.36. The van der Waals surface area contributed by atoms with Gasteiger partial charge in [-0.25, -0.2) is 0 Å². The van der Waals surface area contributed by atoms with Crippen LogP contribution < -0.4 is 25.6 Å². The first-order valence-corrected chi connectivity index (χ1v) is 13.8. The fourth-order valence-electron chi connectivity index (χ4n) is 3.32. The first kappa shape index (κ1) is 29.6. The lowest BCUT2D eigenvalue weighted by Gasteiger charge is -2.20.